The molecule has 0 saturated heterocycles. The molecule has 0 aliphatic rings. The zero-order chi connectivity index (χ0) is 11.4. The lowest BCUT2D eigenvalue weighted by Crippen LogP contribution is -2.01. The van der Waals surface area contributed by atoms with Crippen LogP contribution >= 0.6 is 11.6 Å². The maximum atomic E-state index is 10.5. The molecule has 0 heterocycles. The average Bonchev–Trinajstić information content (AvgIpc) is 2.14. The number of anilines is 1. The van der Waals surface area contributed by atoms with E-state index in [9.17, 15) is 10.1 Å². The van der Waals surface area contributed by atoms with Gasteiger partial charge in [-0.3, -0.25) is 10.1 Å². The molecular formula is C10H11ClN2O2. The van der Waals surface area contributed by atoms with Crippen molar-refractivity contribution in [2.24, 2.45) is 0 Å². The molecule has 80 valence electrons. The Hall–Kier alpha value is -1.55. The number of nitro benzene ring substituents is 1. The van der Waals surface area contributed by atoms with Crippen molar-refractivity contribution >= 4 is 23.0 Å². The zero-order valence-electron chi connectivity index (χ0n) is 8.29. The smallest absolute Gasteiger partial charge is 0.272 e. The lowest BCUT2D eigenvalue weighted by Gasteiger charge is -2.05. The molecule has 0 radical (unpaired) electrons. The lowest BCUT2D eigenvalue weighted by molar-refractivity contribution is -0.385. The maximum Gasteiger partial charge on any atom is 0.272 e. The SMILES string of the molecule is C=C(Cl)CNc1ccc([N+](=O)[O-])c(C)c1. The fourth-order valence-corrected chi connectivity index (χ4v) is 1.24. The normalized spacial score (nSPS) is 9.73. The molecule has 15 heavy (non-hydrogen) atoms. The number of benzene rings is 1. The molecule has 0 fully saturated rings. The average molecular weight is 227 g/mol. The molecule has 1 N–H and O–H groups in total. The van der Waals surface area contributed by atoms with Gasteiger partial charge in [-0.05, 0) is 19.1 Å². The summed E-state index contributed by atoms with van der Waals surface area (Å²) in [6, 6.07) is 4.82. The van der Waals surface area contributed by atoms with Gasteiger partial charge in [0.15, 0.2) is 0 Å². The van der Waals surface area contributed by atoms with Gasteiger partial charge < -0.3 is 5.32 Å². The topological polar surface area (TPSA) is 55.2 Å². The summed E-state index contributed by atoms with van der Waals surface area (Å²) in [4.78, 5) is 10.1. The van der Waals surface area contributed by atoms with Crippen LogP contribution in [-0.4, -0.2) is 11.5 Å². The number of nitro groups is 1. The van der Waals surface area contributed by atoms with E-state index in [-0.39, 0.29) is 5.69 Å². The fourth-order valence-electron chi connectivity index (χ4n) is 1.17. The summed E-state index contributed by atoms with van der Waals surface area (Å²) < 4.78 is 0. The first-order valence-electron chi connectivity index (χ1n) is 4.33. The second-order valence-electron chi connectivity index (χ2n) is 3.13. The molecule has 1 aromatic rings. The van der Waals surface area contributed by atoms with Gasteiger partial charge in [0.1, 0.15) is 0 Å². The van der Waals surface area contributed by atoms with E-state index in [1.54, 1.807) is 19.1 Å². The highest BCUT2D eigenvalue weighted by Gasteiger charge is 2.09. The highest BCUT2D eigenvalue weighted by atomic mass is 35.5. The minimum Gasteiger partial charge on any atom is -0.380 e. The summed E-state index contributed by atoms with van der Waals surface area (Å²) >= 11 is 5.58. The summed E-state index contributed by atoms with van der Waals surface area (Å²) in [7, 11) is 0. The largest absolute Gasteiger partial charge is 0.380 e. The molecule has 0 bridgehead atoms. The minimum absolute atomic E-state index is 0.116. The Bertz CT molecular complexity index is 404. The molecule has 0 aliphatic heterocycles. The molecule has 0 saturated carbocycles. The molecule has 0 spiro atoms. The van der Waals surface area contributed by atoms with Crippen LogP contribution in [0.4, 0.5) is 11.4 Å². The number of hydrogen-bond acceptors (Lipinski definition) is 3. The third-order valence-electron chi connectivity index (χ3n) is 1.88. The summed E-state index contributed by atoms with van der Waals surface area (Å²) in [5.41, 5.74) is 1.52. The van der Waals surface area contributed by atoms with Crippen molar-refractivity contribution < 1.29 is 4.92 Å². The number of nitrogens with one attached hydrogen (secondary N) is 1. The first-order chi connectivity index (χ1) is 7.00. The standard InChI is InChI=1S/C10H11ClN2O2/c1-7-5-9(12-6-8(2)11)3-4-10(7)13(14)15/h3-5,12H,2,6H2,1H3. The van der Waals surface area contributed by atoms with Gasteiger partial charge in [-0.2, -0.15) is 0 Å². The van der Waals surface area contributed by atoms with Crippen molar-refractivity contribution in [3.05, 3.63) is 45.5 Å². The fraction of sp³-hybridized carbons (Fsp3) is 0.200. The van der Waals surface area contributed by atoms with E-state index < -0.39 is 4.92 Å². The molecule has 0 amide bonds. The van der Waals surface area contributed by atoms with Crippen molar-refractivity contribution in [2.45, 2.75) is 6.92 Å². The Morgan fingerprint density at radius 1 is 1.67 bits per heavy atom. The zero-order valence-corrected chi connectivity index (χ0v) is 9.04. The molecule has 1 rings (SSSR count). The molecule has 5 heteroatoms. The highest BCUT2D eigenvalue weighted by molar-refractivity contribution is 6.29. The third kappa shape index (κ3) is 3.25. The number of aryl methyl sites for hydroxylation is 1. The summed E-state index contributed by atoms with van der Waals surface area (Å²) in [6.07, 6.45) is 0. The molecule has 0 atom stereocenters. The molecule has 0 aliphatic carbocycles. The predicted octanol–water partition coefficient (Wildman–Crippen LogP) is 3.07. The number of hydrogen-bond donors (Lipinski definition) is 1. The summed E-state index contributed by atoms with van der Waals surface area (Å²) in [6.45, 7) is 5.67. The number of nitrogens with zero attached hydrogens (tertiary/aromatic N) is 1. The Morgan fingerprint density at radius 2 is 2.33 bits per heavy atom. The second-order valence-corrected chi connectivity index (χ2v) is 3.66. The molecule has 4 nitrogen and oxygen atoms in total. The van der Waals surface area contributed by atoms with Crippen LogP contribution in [0.1, 0.15) is 5.56 Å². The Labute approximate surface area is 92.7 Å². The molecule has 0 aromatic heterocycles. The van der Waals surface area contributed by atoms with E-state index >= 15 is 0 Å². The first-order valence-corrected chi connectivity index (χ1v) is 4.70. The van der Waals surface area contributed by atoms with Crippen molar-refractivity contribution in [1.82, 2.24) is 0 Å². The minimum atomic E-state index is -0.403. The van der Waals surface area contributed by atoms with Gasteiger partial charge in [-0.15, -0.1) is 0 Å². The van der Waals surface area contributed by atoms with Crippen LogP contribution in [0.25, 0.3) is 0 Å². The number of rotatable bonds is 4. The van der Waals surface area contributed by atoms with Crippen LogP contribution in [-0.2, 0) is 0 Å². The van der Waals surface area contributed by atoms with Gasteiger partial charge >= 0.3 is 0 Å². The van der Waals surface area contributed by atoms with Crippen LogP contribution < -0.4 is 5.32 Å². The van der Waals surface area contributed by atoms with E-state index in [1.807, 2.05) is 0 Å². The van der Waals surface area contributed by atoms with E-state index in [0.29, 0.717) is 17.1 Å². The van der Waals surface area contributed by atoms with E-state index in [2.05, 4.69) is 11.9 Å². The molecular weight excluding hydrogens is 216 g/mol. The Balaban J connectivity index is 2.82. The van der Waals surface area contributed by atoms with Gasteiger partial charge in [0, 0.05) is 22.3 Å². The summed E-state index contributed by atoms with van der Waals surface area (Å²) in [5.74, 6) is 0. The lowest BCUT2D eigenvalue weighted by atomic mass is 10.2. The van der Waals surface area contributed by atoms with E-state index in [1.165, 1.54) is 6.07 Å². The van der Waals surface area contributed by atoms with Gasteiger partial charge in [0.2, 0.25) is 0 Å². The van der Waals surface area contributed by atoms with Crippen LogP contribution in [0.3, 0.4) is 0 Å². The Morgan fingerprint density at radius 3 is 2.80 bits per heavy atom. The number of halogens is 1. The second kappa shape index (κ2) is 4.79. The molecule has 0 unspecified atom stereocenters. The maximum absolute atomic E-state index is 10.5. The third-order valence-corrected chi connectivity index (χ3v) is 2.01. The monoisotopic (exact) mass is 226 g/mol. The van der Waals surface area contributed by atoms with Crippen LogP contribution in [0.5, 0.6) is 0 Å². The van der Waals surface area contributed by atoms with Gasteiger partial charge in [0.05, 0.1) is 11.5 Å². The van der Waals surface area contributed by atoms with Gasteiger partial charge in [-0.1, -0.05) is 18.2 Å². The van der Waals surface area contributed by atoms with Gasteiger partial charge in [0.25, 0.3) is 5.69 Å². The van der Waals surface area contributed by atoms with Crippen LogP contribution in [0.15, 0.2) is 29.8 Å². The highest BCUT2D eigenvalue weighted by Crippen LogP contribution is 2.21. The van der Waals surface area contributed by atoms with E-state index in [4.69, 9.17) is 11.6 Å². The molecule has 1 aromatic carbocycles. The quantitative estimate of drug-likeness (QED) is 0.634. The Kier molecular flexibility index (Phi) is 3.68. The predicted molar refractivity (Wildman–Crippen MR) is 61.3 cm³/mol. The van der Waals surface area contributed by atoms with Crippen molar-refractivity contribution in [3.8, 4) is 0 Å². The van der Waals surface area contributed by atoms with Gasteiger partial charge in [-0.25, -0.2) is 0 Å². The van der Waals surface area contributed by atoms with Crippen molar-refractivity contribution in [1.29, 1.82) is 0 Å². The van der Waals surface area contributed by atoms with Crippen molar-refractivity contribution in [3.63, 3.8) is 0 Å². The van der Waals surface area contributed by atoms with Crippen LogP contribution in [0.2, 0.25) is 0 Å². The first kappa shape index (κ1) is 11.5. The van der Waals surface area contributed by atoms with E-state index in [0.717, 1.165) is 5.69 Å². The summed E-state index contributed by atoms with van der Waals surface area (Å²) in [5, 5.41) is 14.0. The van der Waals surface area contributed by atoms with Crippen molar-refractivity contribution in [2.75, 3.05) is 11.9 Å². The van der Waals surface area contributed by atoms with Crippen LogP contribution in [0, 0.1) is 17.0 Å².